The molecule has 0 saturated heterocycles. The van der Waals surface area contributed by atoms with Gasteiger partial charge in [0.1, 0.15) is 11.5 Å². The highest BCUT2D eigenvalue weighted by atomic mass is 32.1. The molecule has 0 aliphatic carbocycles. The summed E-state index contributed by atoms with van der Waals surface area (Å²) in [6.45, 7) is 6.68. The van der Waals surface area contributed by atoms with Crippen molar-refractivity contribution in [2.24, 2.45) is 0 Å². The molecule has 3 N–H and O–H groups in total. The Morgan fingerprint density at radius 2 is 1.74 bits per heavy atom. The molecule has 0 aliphatic rings. The van der Waals surface area contributed by atoms with Gasteiger partial charge in [-0.15, -0.1) is 0 Å². The second kappa shape index (κ2) is 12.5. The van der Waals surface area contributed by atoms with Gasteiger partial charge in [0, 0.05) is 5.56 Å². The molecule has 0 fully saturated rings. The van der Waals surface area contributed by atoms with Crippen molar-refractivity contribution in [3.8, 4) is 11.5 Å². The van der Waals surface area contributed by atoms with E-state index in [0.717, 1.165) is 12.8 Å². The molecule has 31 heavy (non-hydrogen) atoms. The van der Waals surface area contributed by atoms with Gasteiger partial charge in [0.2, 0.25) is 0 Å². The fourth-order valence-corrected chi connectivity index (χ4v) is 2.74. The quantitative estimate of drug-likeness (QED) is 0.405. The van der Waals surface area contributed by atoms with Gasteiger partial charge in [-0.2, -0.15) is 0 Å². The number of hydrogen-bond donors (Lipinski definition) is 3. The third-order valence-electron chi connectivity index (χ3n) is 4.54. The second-order valence-electron chi connectivity index (χ2n) is 7.00. The van der Waals surface area contributed by atoms with E-state index in [1.807, 2.05) is 31.2 Å². The minimum Gasteiger partial charge on any atom is -0.494 e. The van der Waals surface area contributed by atoms with E-state index >= 15 is 0 Å². The number of amides is 2. The molecular weight excluding hydrogens is 414 g/mol. The largest absolute Gasteiger partial charge is 0.494 e. The molecule has 0 aliphatic heterocycles. The summed E-state index contributed by atoms with van der Waals surface area (Å²) in [5, 5.41) is 2.47. The Morgan fingerprint density at radius 1 is 1.00 bits per heavy atom. The van der Waals surface area contributed by atoms with Crippen LogP contribution in [0.1, 0.15) is 55.5 Å². The van der Waals surface area contributed by atoms with E-state index in [9.17, 15) is 9.59 Å². The van der Waals surface area contributed by atoms with Gasteiger partial charge in [-0.05, 0) is 66.9 Å². The zero-order chi connectivity index (χ0) is 22.6. The molecule has 0 spiro atoms. The van der Waals surface area contributed by atoms with Crippen LogP contribution in [-0.4, -0.2) is 30.1 Å². The van der Waals surface area contributed by atoms with Crippen LogP contribution in [0.15, 0.2) is 48.5 Å². The van der Waals surface area contributed by atoms with Gasteiger partial charge in [-0.3, -0.25) is 25.8 Å². The van der Waals surface area contributed by atoms with E-state index in [0.29, 0.717) is 29.6 Å². The number of nitrogens with one attached hydrogen (secondary N) is 3. The maximum atomic E-state index is 12.3. The predicted molar refractivity (Wildman–Crippen MR) is 124 cm³/mol. The van der Waals surface area contributed by atoms with Crippen LogP contribution in [0.25, 0.3) is 0 Å². The first kappa shape index (κ1) is 24.1. The van der Waals surface area contributed by atoms with E-state index < -0.39 is 11.8 Å². The van der Waals surface area contributed by atoms with Gasteiger partial charge >= 0.3 is 0 Å². The fourth-order valence-electron chi connectivity index (χ4n) is 2.59. The Labute approximate surface area is 188 Å². The summed E-state index contributed by atoms with van der Waals surface area (Å²) in [7, 11) is 0. The van der Waals surface area contributed by atoms with E-state index in [1.165, 1.54) is 5.56 Å². The molecular formula is C23H29N3O4S. The molecule has 1 atom stereocenters. The molecule has 0 radical (unpaired) electrons. The van der Waals surface area contributed by atoms with Gasteiger partial charge in [0.05, 0.1) is 6.61 Å². The average Bonchev–Trinajstić information content (AvgIpc) is 2.80. The summed E-state index contributed by atoms with van der Waals surface area (Å²) in [6, 6.07) is 14.4. The lowest BCUT2D eigenvalue weighted by Crippen LogP contribution is -2.49. The van der Waals surface area contributed by atoms with E-state index in [2.05, 4.69) is 30.0 Å². The van der Waals surface area contributed by atoms with Gasteiger partial charge in [0.25, 0.3) is 11.8 Å². The highest BCUT2D eigenvalue weighted by molar-refractivity contribution is 7.80. The number of hydrogen-bond acceptors (Lipinski definition) is 5. The first-order valence-corrected chi connectivity index (χ1v) is 10.7. The van der Waals surface area contributed by atoms with E-state index in [4.69, 9.17) is 21.7 Å². The topological polar surface area (TPSA) is 88.7 Å². The summed E-state index contributed by atoms with van der Waals surface area (Å²) in [6.07, 6.45) is 1.93. The predicted octanol–water partition coefficient (Wildman–Crippen LogP) is 3.70. The van der Waals surface area contributed by atoms with Crippen molar-refractivity contribution in [3.05, 3.63) is 59.7 Å². The molecule has 2 rings (SSSR count). The van der Waals surface area contributed by atoms with Crippen molar-refractivity contribution in [3.63, 3.8) is 0 Å². The van der Waals surface area contributed by atoms with Gasteiger partial charge < -0.3 is 9.47 Å². The Kier molecular flexibility index (Phi) is 9.77. The Bertz CT molecular complexity index is 887. The Balaban J connectivity index is 1.74. The molecule has 8 heteroatoms. The summed E-state index contributed by atoms with van der Waals surface area (Å²) in [4.78, 5) is 24.3. The summed E-state index contributed by atoms with van der Waals surface area (Å²) in [5.41, 5.74) is 6.50. The van der Waals surface area contributed by atoms with Gasteiger partial charge in [-0.25, -0.2) is 0 Å². The molecule has 0 saturated carbocycles. The second-order valence-corrected chi connectivity index (χ2v) is 7.41. The number of carbonyl (C=O) groups excluding carboxylic acids is 2. The maximum Gasteiger partial charge on any atom is 0.276 e. The molecule has 166 valence electrons. The minimum atomic E-state index is -0.433. The van der Waals surface area contributed by atoms with Crippen molar-refractivity contribution >= 4 is 29.1 Å². The van der Waals surface area contributed by atoms with Crippen molar-refractivity contribution in [2.75, 3.05) is 13.2 Å². The van der Waals surface area contributed by atoms with Crippen LogP contribution >= 0.6 is 12.2 Å². The molecule has 1 unspecified atom stereocenters. The standard InChI is InChI=1S/C23H29N3O4S/c1-4-13-29-20-8-6-7-18(14-20)22(28)24-23(31)26-25-21(27)15-30-19-11-9-17(10-12-19)16(3)5-2/h6-12,14,16H,4-5,13,15H2,1-3H3,(H,25,27)(H2,24,26,28,31). The third-order valence-corrected chi connectivity index (χ3v) is 4.75. The number of thiocarbonyl (C=S) groups is 1. The fraction of sp³-hybridized carbons (Fsp3) is 0.348. The lowest BCUT2D eigenvalue weighted by molar-refractivity contribution is -0.123. The molecule has 0 bridgehead atoms. The number of hydrazine groups is 1. The van der Waals surface area contributed by atoms with Crippen LogP contribution in [0.5, 0.6) is 11.5 Å². The number of ether oxygens (including phenoxy) is 2. The zero-order valence-electron chi connectivity index (χ0n) is 18.1. The van der Waals surface area contributed by atoms with E-state index in [1.54, 1.807) is 24.3 Å². The SMILES string of the molecule is CCCOc1cccc(C(=O)NC(=S)NNC(=O)COc2ccc(C(C)CC)cc2)c1. The van der Waals surface area contributed by atoms with Crippen molar-refractivity contribution in [1.29, 1.82) is 0 Å². The lowest BCUT2D eigenvalue weighted by atomic mass is 9.99. The van der Waals surface area contributed by atoms with Crippen molar-refractivity contribution < 1.29 is 19.1 Å². The highest BCUT2D eigenvalue weighted by Gasteiger charge is 2.10. The normalized spacial score (nSPS) is 11.2. The summed E-state index contributed by atoms with van der Waals surface area (Å²) < 4.78 is 11.0. The summed E-state index contributed by atoms with van der Waals surface area (Å²) >= 11 is 5.05. The first-order chi connectivity index (χ1) is 14.9. The van der Waals surface area contributed by atoms with Crippen LogP contribution in [0.3, 0.4) is 0 Å². The first-order valence-electron chi connectivity index (χ1n) is 10.3. The van der Waals surface area contributed by atoms with Gasteiger partial charge in [-0.1, -0.05) is 39.0 Å². The smallest absolute Gasteiger partial charge is 0.276 e. The van der Waals surface area contributed by atoms with Crippen LogP contribution in [0.2, 0.25) is 0 Å². The Hall–Kier alpha value is -3.13. The van der Waals surface area contributed by atoms with Crippen LogP contribution < -0.4 is 25.6 Å². The van der Waals surface area contributed by atoms with Gasteiger partial charge in [0.15, 0.2) is 11.7 Å². The lowest BCUT2D eigenvalue weighted by Gasteiger charge is -2.13. The molecule has 0 heterocycles. The van der Waals surface area contributed by atoms with Crippen molar-refractivity contribution in [1.82, 2.24) is 16.2 Å². The summed E-state index contributed by atoms with van der Waals surface area (Å²) in [5.74, 6) is 0.840. The number of carbonyl (C=O) groups is 2. The minimum absolute atomic E-state index is 0.0314. The molecule has 2 aromatic rings. The van der Waals surface area contributed by atoms with Crippen LogP contribution in [0, 0.1) is 0 Å². The highest BCUT2D eigenvalue weighted by Crippen LogP contribution is 2.21. The molecule has 2 amide bonds. The van der Waals surface area contributed by atoms with Crippen LogP contribution in [0.4, 0.5) is 0 Å². The van der Waals surface area contributed by atoms with Crippen LogP contribution in [-0.2, 0) is 4.79 Å². The molecule has 7 nitrogen and oxygen atoms in total. The zero-order valence-corrected chi connectivity index (χ0v) is 18.9. The molecule has 0 aromatic heterocycles. The Morgan fingerprint density at radius 3 is 2.42 bits per heavy atom. The van der Waals surface area contributed by atoms with E-state index in [-0.39, 0.29) is 11.7 Å². The monoisotopic (exact) mass is 443 g/mol. The maximum absolute atomic E-state index is 12.3. The number of benzene rings is 2. The average molecular weight is 444 g/mol. The number of rotatable bonds is 9. The third kappa shape index (κ3) is 8.25. The molecule has 2 aromatic carbocycles. The van der Waals surface area contributed by atoms with Crippen molar-refractivity contribution in [2.45, 2.75) is 39.5 Å².